The molecule has 8 heteroatoms. The molecule has 4 aromatic rings. The van der Waals surface area contributed by atoms with Gasteiger partial charge >= 0.3 is 0 Å². The first-order valence-electron chi connectivity index (χ1n) is 12.7. The molecule has 0 saturated carbocycles. The zero-order valence-electron chi connectivity index (χ0n) is 21.9. The van der Waals surface area contributed by atoms with E-state index in [-0.39, 0.29) is 5.41 Å². The molecular weight excluding hydrogens is 530 g/mol. The molecule has 0 bridgehead atoms. The van der Waals surface area contributed by atoms with Crippen LogP contribution in [0, 0.1) is 5.41 Å². The molecule has 1 fully saturated rings. The SMILES string of the molecule is Cn1c(Br)nc2c(N(Cc3ccccc3)Cc3ccccc3)nc(CCC3(C)OCC(C)(C)CO3)nc21. The highest BCUT2D eigenvalue weighted by Crippen LogP contribution is 2.33. The van der Waals surface area contributed by atoms with Crippen molar-refractivity contribution < 1.29 is 9.47 Å². The van der Waals surface area contributed by atoms with Gasteiger partial charge in [0.15, 0.2) is 27.5 Å². The minimum absolute atomic E-state index is 0.0262. The summed E-state index contributed by atoms with van der Waals surface area (Å²) < 4.78 is 15.0. The molecule has 0 aliphatic carbocycles. The summed E-state index contributed by atoms with van der Waals surface area (Å²) in [6.45, 7) is 9.08. The Morgan fingerprint density at radius 2 is 1.43 bits per heavy atom. The lowest BCUT2D eigenvalue weighted by Gasteiger charge is -2.41. The molecule has 1 saturated heterocycles. The average Bonchev–Trinajstić information content (AvgIpc) is 3.19. The second-order valence-electron chi connectivity index (χ2n) is 10.8. The van der Waals surface area contributed by atoms with Crippen molar-refractivity contribution in [2.24, 2.45) is 12.5 Å². The second kappa shape index (κ2) is 10.5. The Balaban J connectivity index is 1.50. The summed E-state index contributed by atoms with van der Waals surface area (Å²) in [5.41, 5.74) is 4.03. The predicted octanol–water partition coefficient (Wildman–Crippen LogP) is 6.05. The topological polar surface area (TPSA) is 65.3 Å². The largest absolute Gasteiger partial charge is 0.350 e. The van der Waals surface area contributed by atoms with Gasteiger partial charge in [0.1, 0.15) is 5.82 Å². The first-order valence-corrected chi connectivity index (χ1v) is 13.5. The van der Waals surface area contributed by atoms with Crippen LogP contribution in [0.5, 0.6) is 0 Å². The number of rotatable bonds is 8. The van der Waals surface area contributed by atoms with Gasteiger partial charge in [0.2, 0.25) is 0 Å². The van der Waals surface area contributed by atoms with E-state index in [1.54, 1.807) is 0 Å². The van der Waals surface area contributed by atoms with Crippen molar-refractivity contribution in [3.05, 3.63) is 82.3 Å². The first-order chi connectivity index (χ1) is 17.7. The highest BCUT2D eigenvalue weighted by molar-refractivity contribution is 9.10. The van der Waals surface area contributed by atoms with Gasteiger partial charge in [-0.2, -0.15) is 0 Å². The summed E-state index contributed by atoms with van der Waals surface area (Å²) in [7, 11) is 1.97. The molecule has 0 unspecified atom stereocenters. The Kier molecular flexibility index (Phi) is 7.34. The summed E-state index contributed by atoms with van der Waals surface area (Å²) in [4.78, 5) is 17.1. The second-order valence-corrected chi connectivity index (χ2v) is 11.5. The Labute approximate surface area is 227 Å². The third kappa shape index (κ3) is 6.03. The summed E-state index contributed by atoms with van der Waals surface area (Å²) in [5, 5.41) is 0. The molecule has 37 heavy (non-hydrogen) atoms. The molecule has 0 radical (unpaired) electrons. The maximum atomic E-state index is 6.14. The number of aryl methyl sites for hydroxylation is 2. The third-order valence-electron chi connectivity index (χ3n) is 6.76. The molecule has 7 nitrogen and oxygen atoms in total. The molecule has 1 aliphatic heterocycles. The maximum Gasteiger partial charge on any atom is 0.179 e. The van der Waals surface area contributed by atoms with Gasteiger partial charge in [0.25, 0.3) is 0 Å². The van der Waals surface area contributed by atoms with Crippen LogP contribution in [0.4, 0.5) is 5.82 Å². The highest BCUT2D eigenvalue weighted by atomic mass is 79.9. The van der Waals surface area contributed by atoms with Crippen molar-refractivity contribution in [1.82, 2.24) is 19.5 Å². The zero-order valence-corrected chi connectivity index (χ0v) is 23.5. The lowest BCUT2D eigenvalue weighted by Crippen LogP contribution is -2.45. The number of anilines is 1. The fourth-order valence-corrected chi connectivity index (χ4v) is 4.82. The van der Waals surface area contributed by atoms with E-state index in [0.717, 1.165) is 27.5 Å². The summed E-state index contributed by atoms with van der Waals surface area (Å²) in [5.74, 6) is 0.933. The van der Waals surface area contributed by atoms with Gasteiger partial charge in [0.05, 0.1) is 13.2 Å². The van der Waals surface area contributed by atoms with E-state index in [1.165, 1.54) is 11.1 Å². The van der Waals surface area contributed by atoms with Gasteiger partial charge in [-0.25, -0.2) is 15.0 Å². The molecule has 0 spiro atoms. The van der Waals surface area contributed by atoms with E-state index in [0.29, 0.717) is 39.1 Å². The smallest absolute Gasteiger partial charge is 0.179 e. The molecule has 0 N–H and O–H groups in total. The number of aromatic nitrogens is 4. The van der Waals surface area contributed by atoms with Crippen LogP contribution in [0.1, 0.15) is 44.1 Å². The van der Waals surface area contributed by atoms with E-state index < -0.39 is 5.79 Å². The van der Waals surface area contributed by atoms with Crippen LogP contribution >= 0.6 is 15.9 Å². The molecule has 1 aliphatic rings. The van der Waals surface area contributed by atoms with Crippen LogP contribution in [0.25, 0.3) is 11.2 Å². The van der Waals surface area contributed by atoms with Crippen LogP contribution in [0.2, 0.25) is 0 Å². The number of nitrogens with zero attached hydrogens (tertiary/aromatic N) is 5. The molecular formula is C29H34BrN5O2. The van der Waals surface area contributed by atoms with Crippen molar-refractivity contribution in [2.75, 3.05) is 18.1 Å². The van der Waals surface area contributed by atoms with Crippen molar-refractivity contribution in [3.63, 3.8) is 0 Å². The zero-order chi connectivity index (χ0) is 26.0. The van der Waals surface area contributed by atoms with Crippen molar-refractivity contribution in [3.8, 4) is 0 Å². The molecule has 2 aromatic heterocycles. The van der Waals surface area contributed by atoms with Gasteiger partial charge in [-0.3, -0.25) is 0 Å². The molecule has 194 valence electrons. The van der Waals surface area contributed by atoms with Crippen LogP contribution < -0.4 is 4.90 Å². The van der Waals surface area contributed by atoms with Crippen molar-refractivity contribution >= 4 is 32.9 Å². The number of benzene rings is 2. The fraction of sp³-hybridized carbons (Fsp3) is 0.414. The van der Waals surface area contributed by atoms with Crippen LogP contribution in [0.3, 0.4) is 0 Å². The lowest BCUT2D eigenvalue weighted by atomic mass is 9.94. The quantitative estimate of drug-likeness (QED) is 0.243. The van der Waals surface area contributed by atoms with Gasteiger partial charge in [-0.1, -0.05) is 74.5 Å². The maximum absolute atomic E-state index is 6.14. The number of imidazole rings is 1. The number of fused-ring (bicyclic) bond motifs is 1. The standard InChI is InChI=1S/C29H34BrN5O2/c1-28(2)19-36-29(3,37-20-28)16-15-23-31-25-24(33-27(30)34(25)4)26(32-23)35(17-21-11-7-5-8-12-21)18-22-13-9-6-10-14-22/h5-14H,15-20H2,1-4H3. The van der Waals surface area contributed by atoms with E-state index >= 15 is 0 Å². The number of ether oxygens (including phenoxy) is 2. The van der Waals surface area contributed by atoms with Crippen LogP contribution in [-0.2, 0) is 36.0 Å². The van der Waals surface area contributed by atoms with Gasteiger partial charge in [0, 0.05) is 38.4 Å². The minimum atomic E-state index is -0.644. The summed E-state index contributed by atoms with van der Waals surface area (Å²) in [6.07, 6.45) is 1.30. The molecule has 0 atom stereocenters. The van der Waals surface area contributed by atoms with Gasteiger partial charge in [-0.05, 0) is 34.0 Å². The highest BCUT2D eigenvalue weighted by Gasteiger charge is 2.36. The molecule has 3 heterocycles. The molecule has 5 rings (SSSR count). The first kappa shape index (κ1) is 25.8. The van der Waals surface area contributed by atoms with Gasteiger partial charge < -0.3 is 18.9 Å². The Morgan fingerprint density at radius 3 is 2.00 bits per heavy atom. The van der Waals surface area contributed by atoms with E-state index in [9.17, 15) is 0 Å². The number of halogens is 1. The molecule has 0 amide bonds. The Bertz CT molecular complexity index is 1310. The number of hydrogen-bond donors (Lipinski definition) is 0. The number of hydrogen-bond acceptors (Lipinski definition) is 6. The molecule has 2 aromatic carbocycles. The average molecular weight is 565 g/mol. The Hall–Kier alpha value is -2.81. The third-order valence-corrected chi connectivity index (χ3v) is 7.47. The van der Waals surface area contributed by atoms with E-state index in [1.807, 2.05) is 30.7 Å². The van der Waals surface area contributed by atoms with E-state index in [2.05, 4.69) is 83.2 Å². The van der Waals surface area contributed by atoms with Crippen LogP contribution in [-0.4, -0.2) is 38.5 Å². The fourth-order valence-electron chi connectivity index (χ4n) is 4.47. The minimum Gasteiger partial charge on any atom is -0.350 e. The van der Waals surface area contributed by atoms with Gasteiger partial charge in [-0.15, -0.1) is 0 Å². The normalized spacial score (nSPS) is 16.7. The van der Waals surface area contributed by atoms with Crippen molar-refractivity contribution in [2.45, 2.75) is 52.5 Å². The Morgan fingerprint density at radius 1 is 0.865 bits per heavy atom. The predicted molar refractivity (Wildman–Crippen MR) is 149 cm³/mol. The van der Waals surface area contributed by atoms with Crippen LogP contribution in [0.15, 0.2) is 65.4 Å². The lowest BCUT2D eigenvalue weighted by molar-refractivity contribution is -0.291. The van der Waals surface area contributed by atoms with E-state index in [4.69, 9.17) is 24.4 Å². The van der Waals surface area contributed by atoms with Crippen molar-refractivity contribution in [1.29, 1.82) is 0 Å². The summed E-state index contributed by atoms with van der Waals surface area (Å²) >= 11 is 3.60. The summed E-state index contributed by atoms with van der Waals surface area (Å²) in [6, 6.07) is 20.9. The monoisotopic (exact) mass is 563 g/mol.